The molecule has 1 aromatic carbocycles. The van der Waals surface area contributed by atoms with Crippen molar-refractivity contribution in [2.75, 3.05) is 24.6 Å². The van der Waals surface area contributed by atoms with Gasteiger partial charge in [0.05, 0.1) is 11.5 Å². The van der Waals surface area contributed by atoms with Gasteiger partial charge in [-0.3, -0.25) is 4.90 Å². The lowest BCUT2D eigenvalue weighted by molar-refractivity contribution is 0.225. The van der Waals surface area contributed by atoms with Gasteiger partial charge in [0.25, 0.3) is 0 Å². The zero-order valence-corrected chi connectivity index (χ0v) is 11.6. The number of hydrogen-bond donors (Lipinski definition) is 1. The standard InChI is InChI=1S/C13H19NO3S/c1-10-3-4-12(13(15)9-10)11(2)14-5-7-18(16,17)8-6-14/h3-4,9,11,15H,5-8H2,1-2H3. The number of phenolic OH excluding ortho intramolecular Hbond substituents is 1. The van der Waals surface area contributed by atoms with E-state index in [1.807, 2.05) is 26.0 Å². The van der Waals surface area contributed by atoms with Crippen LogP contribution in [-0.4, -0.2) is 43.0 Å². The van der Waals surface area contributed by atoms with Gasteiger partial charge >= 0.3 is 0 Å². The first-order valence-electron chi connectivity index (χ1n) is 6.13. The third kappa shape index (κ3) is 2.84. The van der Waals surface area contributed by atoms with Crippen LogP contribution in [0.1, 0.15) is 24.1 Å². The molecule has 0 spiro atoms. The van der Waals surface area contributed by atoms with Crippen LogP contribution in [0, 0.1) is 6.92 Å². The summed E-state index contributed by atoms with van der Waals surface area (Å²) in [5.41, 5.74) is 1.88. The Morgan fingerprint density at radius 2 is 1.89 bits per heavy atom. The maximum Gasteiger partial charge on any atom is 0.152 e. The van der Waals surface area contributed by atoms with Crippen LogP contribution in [0.25, 0.3) is 0 Å². The number of aryl methyl sites for hydroxylation is 1. The topological polar surface area (TPSA) is 57.6 Å². The molecular formula is C13H19NO3S. The smallest absolute Gasteiger partial charge is 0.152 e. The number of sulfone groups is 1. The van der Waals surface area contributed by atoms with Crippen molar-refractivity contribution in [3.05, 3.63) is 29.3 Å². The first-order chi connectivity index (χ1) is 8.39. The van der Waals surface area contributed by atoms with Gasteiger partial charge < -0.3 is 5.11 Å². The van der Waals surface area contributed by atoms with E-state index in [-0.39, 0.29) is 23.3 Å². The average Bonchev–Trinajstić information content (AvgIpc) is 2.28. The molecule has 5 heteroatoms. The van der Waals surface area contributed by atoms with E-state index in [0.717, 1.165) is 11.1 Å². The number of nitrogens with zero attached hydrogens (tertiary/aromatic N) is 1. The Morgan fingerprint density at radius 3 is 2.44 bits per heavy atom. The molecule has 100 valence electrons. The van der Waals surface area contributed by atoms with Gasteiger partial charge in [-0.15, -0.1) is 0 Å². The quantitative estimate of drug-likeness (QED) is 0.884. The summed E-state index contributed by atoms with van der Waals surface area (Å²) in [6.45, 7) is 5.01. The molecule has 0 aromatic heterocycles. The van der Waals surface area contributed by atoms with Crippen LogP contribution < -0.4 is 0 Å². The molecule has 0 amide bonds. The Balaban J connectivity index is 2.14. The van der Waals surface area contributed by atoms with E-state index in [2.05, 4.69) is 4.90 Å². The highest BCUT2D eigenvalue weighted by atomic mass is 32.2. The summed E-state index contributed by atoms with van der Waals surface area (Å²) in [4.78, 5) is 2.10. The molecule has 0 bridgehead atoms. The van der Waals surface area contributed by atoms with Crippen molar-refractivity contribution in [2.45, 2.75) is 19.9 Å². The van der Waals surface area contributed by atoms with E-state index in [4.69, 9.17) is 0 Å². The van der Waals surface area contributed by atoms with Crippen molar-refractivity contribution in [3.8, 4) is 5.75 Å². The van der Waals surface area contributed by atoms with E-state index >= 15 is 0 Å². The predicted octanol–water partition coefficient (Wildman–Crippen LogP) is 1.49. The number of phenols is 1. The molecule has 1 atom stereocenters. The third-order valence-corrected chi connectivity index (χ3v) is 5.17. The van der Waals surface area contributed by atoms with Crippen LogP contribution in [0.15, 0.2) is 18.2 Å². The van der Waals surface area contributed by atoms with Gasteiger partial charge in [0.2, 0.25) is 0 Å². The second kappa shape index (κ2) is 4.90. The highest BCUT2D eigenvalue weighted by Gasteiger charge is 2.26. The van der Waals surface area contributed by atoms with Gasteiger partial charge in [-0.2, -0.15) is 0 Å². The molecule has 0 saturated carbocycles. The highest BCUT2D eigenvalue weighted by Crippen LogP contribution is 2.29. The molecule has 2 rings (SSSR count). The second-order valence-corrected chi connectivity index (χ2v) is 7.23. The molecule has 1 fully saturated rings. The molecule has 1 aromatic rings. The van der Waals surface area contributed by atoms with Crippen LogP contribution in [0.4, 0.5) is 0 Å². The number of rotatable bonds is 2. The maximum atomic E-state index is 11.4. The molecule has 1 aliphatic rings. The Bertz CT molecular complexity index is 525. The molecule has 0 radical (unpaired) electrons. The van der Waals surface area contributed by atoms with Gasteiger partial charge in [0, 0.05) is 24.7 Å². The molecule has 0 aliphatic carbocycles. The fourth-order valence-corrected chi connectivity index (χ4v) is 3.55. The minimum absolute atomic E-state index is 0.0427. The molecular weight excluding hydrogens is 250 g/mol. The lowest BCUT2D eigenvalue weighted by Gasteiger charge is -2.32. The van der Waals surface area contributed by atoms with Crippen molar-refractivity contribution >= 4 is 9.84 Å². The van der Waals surface area contributed by atoms with Crippen molar-refractivity contribution in [2.24, 2.45) is 0 Å². The van der Waals surface area contributed by atoms with Crippen molar-refractivity contribution < 1.29 is 13.5 Å². The van der Waals surface area contributed by atoms with Crippen molar-refractivity contribution in [1.82, 2.24) is 4.90 Å². The fraction of sp³-hybridized carbons (Fsp3) is 0.538. The van der Waals surface area contributed by atoms with Gasteiger partial charge in [-0.05, 0) is 25.5 Å². The summed E-state index contributed by atoms with van der Waals surface area (Å²) in [6.07, 6.45) is 0. The summed E-state index contributed by atoms with van der Waals surface area (Å²) in [6, 6.07) is 5.66. The third-order valence-electron chi connectivity index (χ3n) is 3.56. The molecule has 1 saturated heterocycles. The van der Waals surface area contributed by atoms with Gasteiger partial charge in [0.1, 0.15) is 5.75 Å². The highest BCUT2D eigenvalue weighted by molar-refractivity contribution is 7.91. The van der Waals surface area contributed by atoms with Gasteiger partial charge in [-0.1, -0.05) is 12.1 Å². The Labute approximate surface area is 108 Å². The van der Waals surface area contributed by atoms with E-state index < -0.39 is 9.84 Å². The summed E-state index contributed by atoms with van der Waals surface area (Å²) >= 11 is 0. The largest absolute Gasteiger partial charge is 0.508 e. The minimum atomic E-state index is -2.85. The summed E-state index contributed by atoms with van der Waals surface area (Å²) in [5.74, 6) is 0.712. The first-order valence-corrected chi connectivity index (χ1v) is 7.95. The molecule has 1 aliphatic heterocycles. The predicted molar refractivity (Wildman–Crippen MR) is 71.5 cm³/mol. The molecule has 4 nitrogen and oxygen atoms in total. The summed E-state index contributed by atoms with van der Waals surface area (Å²) in [7, 11) is -2.85. The van der Waals surface area contributed by atoms with Crippen LogP contribution in [0.2, 0.25) is 0 Å². The van der Waals surface area contributed by atoms with Crippen LogP contribution in [0.3, 0.4) is 0 Å². The lowest BCUT2D eigenvalue weighted by atomic mass is 10.0. The first kappa shape index (κ1) is 13.4. The zero-order valence-electron chi connectivity index (χ0n) is 10.8. The average molecular weight is 269 g/mol. The maximum absolute atomic E-state index is 11.4. The van der Waals surface area contributed by atoms with Crippen molar-refractivity contribution in [1.29, 1.82) is 0 Å². The van der Waals surface area contributed by atoms with Crippen LogP contribution >= 0.6 is 0 Å². The monoisotopic (exact) mass is 269 g/mol. The van der Waals surface area contributed by atoms with E-state index in [1.54, 1.807) is 6.07 Å². The fourth-order valence-electron chi connectivity index (χ4n) is 2.32. The second-order valence-electron chi connectivity index (χ2n) is 4.93. The zero-order chi connectivity index (χ0) is 13.3. The Hall–Kier alpha value is -1.07. The van der Waals surface area contributed by atoms with E-state index in [0.29, 0.717) is 13.1 Å². The minimum Gasteiger partial charge on any atom is -0.508 e. The van der Waals surface area contributed by atoms with Crippen LogP contribution in [0.5, 0.6) is 5.75 Å². The number of aromatic hydroxyl groups is 1. The van der Waals surface area contributed by atoms with Gasteiger partial charge in [0.15, 0.2) is 9.84 Å². The SMILES string of the molecule is Cc1ccc(C(C)N2CCS(=O)(=O)CC2)c(O)c1. The molecule has 1 N–H and O–H groups in total. The lowest BCUT2D eigenvalue weighted by Crippen LogP contribution is -2.41. The Morgan fingerprint density at radius 1 is 1.28 bits per heavy atom. The van der Waals surface area contributed by atoms with Crippen molar-refractivity contribution in [3.63, 3.8) is 0 Å². The molecule has 1 heterocycles. The number of hydrogen-bond acceptors (Lipinski definition) is 4. The molecule has 18 heavy (non-hydrogen) atoms. The Kier molecular flexibility index (Phi) is 3.64. The normalized spacial score (nSPS) is 21.7. The van der Waals surface area contributed by atoms with E-state index in [9.17, 15) is 13.5 Å². The van der Waals surface area contributed by atoms with Crippen LogP contribution in [-0.2, 0) is 9.84 Å². The van der Waals surface area contributed by atoms with Gasteiger partial charge in [-0.25, -0.2) is 8.42 Å². The van der Waals surface area contributed by atoms with E-state index in [1.165, 1.54) is 0 Å². The number of benzene rings is 1. The molecule has 1 unspecified atom stereocenters. The summed E-state index contributed by atoms with van der Waals surface area (Å²) in [5, 5.41) is 9.95. The summed E-state index contributed by atoms with van der Waals surface area (Å²) < 4.78 is 22.8.